The van der Waals surface area contributed by atoms with Crippen molar-refractivity contribution in [2.24, 2.45) is 0 Å². The van der Waals surface area contributed by atoms with Crippen molar-refractivity contribution in [3.8, 4) is 0 Å². The molecule has 8 nitrogen and oxygen atoms in total. The molecule has 2 atom stereocenters. The molecular weight excluding hydrogens is 487 g/mol. The van der Waals surface area contributed by atoms with E-state index in [4.69, 9.17) is 11.5 Å². The van der Waals surface area contributed by atoms with E-state index in [1.807, 2.05) is 0 Å². The summed E-state index contributed by atoms with van der Waals surface area (Å²) < 4.78 is 0. The summed E-state index contributed by atoms with van der Waals surface area (Å²) in [6.45, 7) is 2.94. The molecule has 1 saturated carbocycles. The van der Waals surface area contributed by atoms with Gasteiger partial charge in [0, 0.05) is 12.8 Å². The minimum atomic E-state index is -1.59. The number of rotatable bonds is 4. The molecule has 0 aromatic carbocycles. The summed E-state index contributed by atoms with van der Waals surface area (Å²) in [7, 11) is 0. The van der Waals surface area contributed by atoms with E-state index < -0.39 is 23.5 Å². The van der Waals surface area contributed by atoms with E-state index in [1.165, 1.54) is 26.7 Å². The summed E-state index contributed by atoms with van der Waals surface area (Å²) in [4.78, 5) is 38.6. The Morgan fingerprint density at radius 1 is 0.826 bits per heavy atom. The van der Waals surface area contributed by atoms with Gasteiger partial charge in [-0.2, -0.15) is 12.1 Å². The van der Waals surface area contributed by atoms with Crippen LogP contribution in [0.4, 0.5) is 0 Å². The molecule has 134 valence electrons. The fourth-order valence-electron chi connectivity index (χ4n) is 1.42. The number of nitrogens with one attached hydrogen (secondary N) is 2. The van der Waals surface area contributed by atoms with Gasteiger partial charge in [-0.3, -0.25) is 9.59 Å². The Labute approximate surface area is 150 Å². The van der Waals surface area contributed by atoms with Crippen molar-refractivity contribution in [1.29, 1.82) is 0 Å². The predicted octanol–water partition coefficient (Wildman–Crippen LogP) is -0.170. The van der Waals surface area contributed by atoms with Crippen LogP contribution < -0.4 is 10.2 Å². The summed E-state index contributed by atoms with van der Waals surface area (Å²) in [5.74, 6) is -4.88. The van der Waals surface area contributed by atoms with Gasteiger partial charge in [-0.05, 0) is 0 Å². The van der Waals surface area contributed by atoms with Crippen LogP contribution >= 0.6 is 0 Å². The van der Waals surface area contributed by atoms with Crippen LogP contribution in [-0.4, -0.2) is 35.6 Å². The Morgan fingerprint density at radius 2 is 1.09 bits per heavy atom. The van der Waals surface area contributed by atoms with Crippen molar-refractivity contribution in [1.82, 2.24) is 0 Å². The number of aliphatic carboxylic acids is 2. The van der Waals surface area contributed by atoms with E-state index in [-0.39, 0.29) is 46.0 Å². The third-order valence-electron chi connectivity index (χ3n) is 2.86. The molecule has 0 aliphatic heterocycles. The molecule has 2 unspecified atom stereocenters. The van der Waals surface area contributed by atoms with Crippen molar-refractivity contribution in [3.05, 3.63) is 11.5 Å². The van der Waals surface area contributed by atoms with Gasteiger partial charge in [0.25, 0.3) is 0 Å². The second-order valence-corrected chi connectivity index (χ2v) is 4.63. The van der Waals surface area contributed by atoms with Crippen molar-refractivity contribution in [2.45, 2.75) is 64.5 Å². The molecule has 0 bridgehead atoms. The minimum Gasteiger partial charge on any atom is -0.676 e. The third-order valence-corrected chi connectivity index (χ3v) is 2.86. The predicted molar refractivity (Wildman–Crippen MR) is 75.3 cm³/mol. The summed E-state index contributed by atoms with van der Waals surface area (Å²) in [6.07, 6.45) is 4.28. The number of hydrogen-bond acceptors (Lipinski definition) is 6. The van der Waals surface area contributed by atoms with Gasteiger partial charge in [-0.15, -0.1) is 0 Å². The zero-order valence-corrected chi connectivity index (χ0v) is 15.4. The quantitative estimate of drug-likeness (QED) is 0.478. The first-order valence-corrected chi connectivity index (χ1v) is 7.07. The van der Waals surface area contributed by atoms with E-state index >= 15 is 0 Å². The van der Waals surface area contributed by atoms with Crippen LogP contribution in [0.25, 0.3) is 11.5 Å². The van der Waals surface area contributed by atoms with Crippen molar-refractivity contribution >= 4 is 23.5 Å². The van der Waals surface area contributed by atoms with Crippen LogP contribution in [0.2, 0.25) is 0 Å². The molecule has 0 aromatic rings. The summed E-state index contributed by atoms with van der Waals surface area (Å²) in [5, 5.41) is 18.9. The first-order chi connectivity index (χ1) is 10.2. The zero-order valence-electron chi connectivity index (χ0n) is 13.2. The molecule has 0 radical (unpaired) electrons. The number of carboxylic acid groups (broad SMARTS) is 2. The zero-order chi connectivity index (χ0) is 17.7. The van der Waals surface area contributed by atoms with E-state index in [1.54, 1.807) is 0 Å². The molecule has 0 amide bonds. The Bertz CT molecular complexity index is 353. The first kappa shape index (κ1) is 26.8. The number of ketones is 2. The molecule has 1 fully saturated rings. The van der Waals surface area contributed by atoms with E-state index in [2.05, 4.69) is 0 Å². The van der Waals surface area contributed by atoms with Crippen molar-refractivity contribution < 1.29 is 50.5 Å². The average molecular weight is 509 g/mol. The first-order valence-electron chi connectivity index (χ1n) is 7.07. The van der Waals surface area contributed by atoms with Gasteiger partial charge in [-0.25, -0.2) is 0 Å². The Hall–Kier alpha value is -1.11. The van der Waals surface area contributed by atoms with Gasteiger partial charge in [0.1, 0.15) is 11.9 Å². The SMILES string of the molecule is CCC(=O)C(=O)[O-].CCC(=O)C(=O)[O-].[NH-]C1CCCCC1[NH-].[Pt+4]. The standard InChI is InChI=1S/C6H12N2.2C4H6O3.Pt/c7-5-3-1-2-4-6(5)8;2*1-2-3(5)4(6)7;/h5-8H,1-4H2;2*2H2,1H3,(H,6,7);/q-2;;;+4/p-2. The molecule has 9 heteroatoms. The van der Waals surface area contributed by atoms with Gasteiger partial charge in [0.2, 0.25) is 0 Å². The normalized spacial score (nSPS) is 18.8. The van der Waals surface area contributed by atoms with Gasteiger partial charge < -0.3 is 31.3 Å². The molecule has 0 aromatic heterocycles. The third kappa shape index (κ3) is 15.6. The number of hydrogen-bond donors (Lipinski definition) is 0. The molecule has 1 aliphatic carbocycles. The number of carbonyl (C=O) groups is 4. The number of Topliss-reactive ketones (excluding diaryl/α,β-unsaturated/α-hetero) is 2. The molecule has 23 heavy (non-hydrogen) atoms. The monoisotopic (exact) mass is 509 g/mol. The fourth-order valence-corrected chi connectivity index (χ4v) is 1.42. The molecule has 1 rings (SSSR count). The van der Waals surface area contributed by atoms with Crippen LogP contribution in [0.5, 0.6) is 0 Å². The second kappa shape index (κ2) is 15.8. The van der Waals surface area contributed by atoms with Gasteiger partial charge in [0.05, 0.1) is 0 Å². The maximum absolute atomic E-state index is 9.85. The summed E-state index contributed by atoms with van der Waals surface area (Å²) in [5.41, 5.74) is 14.6. The fraction of sp³-hybridized carbons (Fsp3) is 0.714. The Kier molecular flexibility index (Phi) is 18.4. The number of carboxylic acids is 2. The van der Waals surface area contributed by atoms with Gasteiger partial charge >= 0.3 is 21.1 Å². The van der Waals surface area contributed by atoms with E-state index in [9.17, 15) is 29.4 Å². The maximum atomic E-state index is 9.85. The Balaban J connectivity index is -0.000000257. The summed E-state index contributed by atoms with van der Waals surface area (Å²) in [6, 6.07) is -0.160. The van der Waals surface area contributed by atoms with Crippen LogP contribution in [0.3, 0.4) is 0 Å². The summed E-state index contributed by atoms with van der Waals surface area (Å²) >= 11 is 0. The van der Waals surface area contributed by atoms with Crippen molar-refractivity contribution in [2.75, 3.05) is 0 Å². The smallest absolute Gasteiger partial charge is 0.676 e. The average Bonchev–Trinajstić information content (AvgIpc) is 2.49. The maximum Gasteiger partial charge on any atom is 4.00 e. The minimum absolute atomic E-state index is 0. The van der Waals surface area contributed by atoms with Gasteiger partial charge in [-0.1, -0.05) is 39.5 Å². The van der Waals surface area contributed by atoms with Gasteiger partial charge in [0.15, 0.2) is 11.6 Å². The van der Waals surface area contributed by atoms with Crippen LogP contribution in [0.1, 0.15) is 52.4 Å². The molecule has 2 N–H and O–H groups in total. The molecule has 0 spiro atoms. The van der Waals surface area contributed by atoms with Crippen molar-refractivity contribution in [3.63, 3.8) is 0 Å². The second-order valence-electron chi connectivity index (χ2n) is 4.63. The van der Waals surface area contributed by atoms with Crippen LogP contribution in [0.15, 0.2) is 0 Å². The topological polar surface area (TPSA) is 162 Å². The molecule has 0 saturated heterocycles. The molecule has 1 aliphatic rings. The molecular formula is C14H22N2O6Pt. The van der Waals surface area contributed by atoms with Crippen LogP contribution in [0, 0.1) is 0 Å². The number of carbonyl (C=O) groups excluding carboxylic acids is 4. The van der Waals surface area contributed by atoms with E-state index in [0.29, 0.717) is 0 Å². The largest absolute Gasteiger partial charge is 4.00 e. The molecule has 0 heterocycles. The van der Waals surface area contributed by atoms with E-state index in [0.717, 1.165) is 12.8 Å². The van der Waals surface area contributed by atoms with Crippen LogP contribution in [-0.2, 0) is 40.2 Å². The Morgan fingerprint density at radius 3 is 1.17 bits per heavy atom.